The molecule has 1 aliphatic rings. The first-order chi connectivity index (χ1) is 5.79. The van der Waals surface area contributed by atoms with Crippen molar-refractivity contribution in [1.29, 1.82) is 0 Å². The minimum absolute atomic E-state index is 0.144. The first-order valence-electron chi connectivity index (χ1n) is 3.37. The molecule has 12 heavy (non-hydrogen) atoms. The van der Waals surface area contributed by atoms with E-state index in [0.29, 0.717) is 0 Å². The van der Waals surface area contributed by atoms with Gasteiger partial charge in [-0.05, 0) is 12.2 Å². The van der Waals surface area contributed by atoms with Crippen molar-refractivity contribution in [3.8, 4) is 0 Å². The summed E-state index contributed by atoms with van der Waals surface area (Å²) in [5.41, 5.74) is 0.287. The van der Waals surface area contributed by atoms with Crippen LogP contribution in [0.5, 0.6) is 0 Å². The minimum Gasteiger partial charge on any atom is -0.287 e. The Morgan fingerprint density at radius 3 is 1.67 bits per heavy atom. The third-order valence-electron chi connectivity index (χ3n) is 1.55. The van der Waals surface area contributed by atoms with Crippen LogP contribution in [0.25, 0.3) is 0 Å². The number of carbonyl (C=O) groups excluding carboxylic acids is 2. The summed E-state index contributed by atoms with van der Waals surface area (Å²) in [6.45, 7) is 0. The number of hydrogen-bond donors (Lipinski definition) is 0. The van der Waals surface area contributed by atoms with Crippen LogP contribution in [-0.4, -0.2) is 21.5 Å². The van der Waals surface area contributed by atoms with Gasteiger partial charge in [0.15, 0.2) is 0 Å². The van der Waals surface area contributed by atoms with Crippen molar-refractivity contribution in [2.24, 2.45) is 0 Å². The number of carbonyl (C=O) groups is 2. The summed E-state index contributed by atoms with van der Waals surface area (Å²) in [5, 5.41) is 0. The standard InChI is InChI=1S/C8H4N2O2/c11-5-1-2-6(12)8-7(5)9-3-4-10-8/h1-4H. The number of allylic oxidation sites excluding steroid dienone is 2. The molecule has 0 saturated heterocycles. The molecule has 1 heterocycles. The average Bonchev–Trinajstić information content (AvgIpc) is 2.12. The third kappa shape index (κ3) is 0.852. The second kappa shape index (κ2) is 2.34. The topological polar surface area (TPSA) is 59.9 Å². The molecular weight excluding hydrogens is 156 g/mol. The van der Waals surface area contributed by atoms with E-state index in [-0.39, 0.29) is 23.0 Å². The predicted octanol–water partition coefficient (Wildman–Crippen LogP) is 0.412. The number of ketones is 2. The number of rotatable bonds is 0. The van der Waals surface area contributed by atoms with Gasteiger partial charge in [0.2, 0.25) is 11.6 Å². The molecule has 0 atom stereocenters. The van der Waals surface area contributed by atoms with Crippen LogP contribution in [0.3, 0.4) is 0 Å². The third-order valence-corrected chi connectivity index (χ3v) is 1.55. The predicted molar refractivity (Wildman–Crippen MR) is 39.8 cm³/mol. The van der Waals surface area contributed by atoms with E-state index in [2.05, 4.69) is 9.97 Å². The Morgan fingerprint density at radius 1 is 0.833 bits per heavy atom. The van der Waals surface area contributed by atoms with E-state index in [1.807, 2.05) is 0 Å². The molecule has 0 bridgehead atoms. The Bertz CT molecular complexity index is 359. The first-order valence-corrected chi connectivity index (χ1v) is 3.37. The van der Waals surface area contributed by atoms with Crippen LogP contribution >= 0.6 is 0 Å². The van der Waals surface area contributed by atoms with Crippen molar-refractivity contribution in [3.63, 3.8) is 0 Å². The average molecular weight is 160 g/mol. The Labute approximate surface area is 68.0 Å². The molecule has 0 N–H and O–H groups in total. The van der Waals surface area contributed by atoms with Crippen molar-refractivity contribution in [1.82, 2.24) is 9.97 Å². The maximum Gasteiger partial charge on any atom is 0.206 e. The molecule has 0 radical (unpaired) electrons. The maximum atomic E-state index is 11.1. The zero-order valence-electron chi connectivity index (χ0n) is 6.02. The lowest BCUT2D eigenvalue weighted by Gasteiger charge is -2.04. The molecule has 0 amide bonds. The Morgan fingerprint density at radius 2 is 1.25 bits per heavy atom. The van der Waals surface area contributed by atoms with E-state index in [1.54, 1.807) is 0 Å². The van der Waals surface area contributed by atoms with Crippen LogP contribution in [0, 0.1) is 0 Å². The van der Waals surface area contributed by atoms with Gasteiger partial charge in [-0.1, -0.05) is 0 Å². The van der Waals surface area contributed by atoms with Crippen LogP contribution in [0.15, 0.2) is 24.5 Å². The van der Waals surface area contributed by atoms with Crippen LogP contribution in [0.1, 0.15) is 21.0 Å². The molecule has 1 aromatic rings. The normalized spacial score (nSPS) is 14.7. The number of aromatic nitrogens is 2. The SMILES string of the molecule is O=C1C=CC(=O)c2nccnc21. The van der Waals surface area contributed by atoms with E-state index in [0.717, 1.165) is 0 Å². The fourth-order valence-corrected chi connectivity index (χ4v) is 1.01. The highest BCUT2D eigenvalue weighted by atomic mass is 16.1. The molecule has 0 saturated carbocycles. The molecule has 4 nitrogen and oxygen atoms in total. The van der Waals surface area contributed by atoms with E-state index >= 15 is 0 Å². The Kier molecular flexibility index (Phi) is 1.33. The summed E-state index contributed by atoms with van der Waals surface area (Å²) in [4.78, 5) is 29.7. The van der Waals surface area contributed by atoms with Crippen molar-refractivity contribution >= 4 is 11.6 Å². The highest BCUT2D eigenvalue weighted by Gasteiger charge is 2.20. The zero-order valence-corrected chi connectivity index (χ0v) is 6.02. The molecule has 0 fully saturated rings. The summed E-state index contributed by atoms with van der Waals surface area (Å²) in [6.07, 6.45) is 5.20. The number of hydrogen-bond acceptors (Lipinski definition) is 4. The van der Waals surface area contributed by atoms with Crippen LogP contribution in [0.2, 0.25) is 0 Å². The smallest absolute Gasteiger partial charge is 0.206 e. The van der Waals surface area contributed by atoms with E-state index in [4.69, 9.17) is 0 Å². The minimum atomic E-state index is -0.266. The van der Waals surface area contributed by atoms with Crippen LogP contribution in [0.4, 0.5) is 0 Å². The second-order valence-electron chi connectivity index (χ2n) is 2.32. The molecule has 1 aliphatic carbocycles. The Balaban J connectivity index is 2.69. The molecule has 58 valence electrons. The molecule has 2 rings (SSSR count). The van der Waals surface area contributed by atoms with Gasteiger partial charge in [-0.25, -0.2) is 9.97 Å². The molecule has 0 unspecified atom stereocenters. The van der Waals surface area contributed by atoms with Crippen molar-refractivity contribution in [2.75, 3.05) is 0 Å². The highest BCUT2D eigenvalue weighted by molar-refractivity contribution is 6.20. The zero-order chi connectivity index (χ0) is 8.55. The van der Waals surface area contributed by atoms with Crippen molar-refractivity contribution < 1.29 is 9.59 Å². The molecule has 4 heteroatoms. The monoisotopic (exact) mass is 160 g/mol. The van der Waals surface area contributed by atoms with Crippen LogP contribution < -0.4 is 0 Å². The summed E-state index contributed by atoms with van der Waals surface area (Å²) < 4.78 is 0. The van der Waals surface area contributed by atoms with Gasteiger partial charge >= 0.3 is 0 Å². The van der Waals surface area contributed by atoms with E-state index in [1.165, 1.54) is 24.5 Å². The number of nitrogens with zero attached hydrogens (tertiary/aromatic N) is 2. The first kappa shape index (κ1) is 6.84. The van der Waals surface area contributed by atoms with Gasteiger partial charge in [-0.3, -0.25) is 9.59 Å². The fourth-order valence-electron chi connectivity index (χ4n) is 1.01. The molecule has 0 aliphatic heterocycles. The molecule has 0 spiro atoms. The fraction of sp³-hybridized carbons (Fsp3) is 0. The molecule has 0 aromatic carbocycles. The van der Waals surface area contributed by atoms with Gasteiger partial charge in [0.05, 0.1) is 0 Å². The van der Waals surface area contributed by atoms with Gasteiger partial charge in [-0.15, -0.1) is 0 Å². The largest absolute Gasteiger partial charge is 0.287 e. The van der Waals surface area contributed by atoms with E-state index < -0.39 is 0 Å². The maximum absolute atomic E-state index is 11.1. The summed E-state index contributed by atoms with van der Waals surface area (Å²) in [7, 11) is 0. The summed E-state index contributed by atoms with van der Waals surface area (Å²) in [5.74, 6) is -0.532. The second-order valence-corrected chi connectivity index (χ2v) is 2.32. The lowest BCUT2D eigenvalue weighted by molar-refractivity contribution is 0.0986. The van der Waals surface area contributed by atoms with Gasteiger partial charge in [-0.2, -0.15) is 0 Å². The van der Waals surface area contributed by atoms with Gasteiger partial charge in [0.1, 0.15) is 11.4 Å². The van der Waals surface area contributed by atoms with Gasteiger partial charge < -0.3 is 0 Å². The summed E-state index contributed by atoms with van der Waals surface area (Å²) >= 11 is 0. The lowest BCUT2D eigenvalue weighted by Crippen LogP contribution is -2.15. The quantitative estimate of drug-likeness (QED) is 0.551. The van der Waals surface area contributed by atoms with Crippen molar-refractivity contribution in [3.05, 3.63) is 35.9 Å². The highest BCUT2D eigenvalue weighted by Crippen LogP contribution is 2.10. The van der Waals surface area contributed by atoms with Gasteiger partial charge in [0.25, 0.3) is 0 Å². The summed E-state index contributed by atoms with van der Waals surface area (Å²) in [6, 6.07) is 0. The van der Waals surface area contributed by atoms with Crippen molar-refractivity contribution in [2.45, 2.75) is 0 Å². The van der Waals surface area contributed by atoms with E-state index in [9.17, 15) is 9.59 Å². The number of fused-ring (bicyclic) bond motifs is 1. The van der Waals surface area contributed by atoms with Gasteiger partial charge in [0, 0.05) is 12.4 Å². The molecular formula is C8H4N2O2. The Hall–Kier alpha value is -1.84. The van der Waals surface area contributed by atoms with Crippen LogP contribution in [-0.2, 0) is 0 Å². The lowest BCUT2D eigenvalue weighted by atomic mass is 10.1. The molecule has 1 aromatic heterocycles.